The number of para-hydroxylation sites is 1. The van der Waals surface area contributed by atoms with Crippen LogP contribution >= 0.6 is 0 Å². The van der Waals surface area contributed by atoms with E-state index in [4.69, 9.17) is 4.42 Å². The zero-order chi connectivity index (χ0) is 16.1. The van der Waals surface area contributed by atoms with Crippen molar-refractivity contribution in [1.29, 1.82) is 0 Å². The highest BCUT2D eigenvalue weighted by Crippen LogP contribution is 2.19. The van der Waals surface area contributed by atoms with E-state index in [1.807, 2.05) is 0 Å². The van der Waals surface area contributed by atoms with Crippen molar-refractivity contribution in [2.45, 2.75) is 0 Å². The Bertz CT molecular complexity index is 1190. The lowest BCUT2D eigenvalue weighted by atomic mass is 10.1. The van der Waals surface area contributed by atoms with Gasteiger partial charge in [-0.25, -0.2) is 9.66 Å². The van der Waals surface area contributed by atoms with E-state index in [1.54, 1.807) is 61.7 Å². The molecule has 0 saturated carbocycles. The van der Waals surface area contributed by atoms with Gasteiger partial charge in [0, 0.05) is 20.3 Å². The smallest absolute Gasteiger partial charge is 0.278 e. The van der Waals surface area contributed by atoms with Crippen LogP contribution in [0.5, 0.6) is 0 Å². The molecule has 0 unspecified atom stereocenters. The monoisotopic (exact) mass is 307 g/mol. The Hall–Kier alpha value is -3.15. The number of hydrogen-bond donors (Lipinski definition) is 0. The second-order valence-corrected chi connectivity index (χ2v) is 5.51. The lowest BCUT2D eigenvalue weighted by Gasteiger charge is -2.15. The van der Waals surface area contributed by atoms with Crippen LogP contribution in [0.25, 0.3) is 33.0 Å². The second-order valence-electron chi connectivity index (χ2n) is 5.51. The third kappa shape index (κ3) is 1.92. The van der Waals surface area contributed by atoms with Gasteiger partial charge < -0.3 is 9.43 Å². The molecule has 0 bridgehead atoms. The van der Waals surface area contributed by atoms with E-state index >= 15 is 0 Å². The first-order valence-corrected chi connectivity index (χ1v) is 7.12. The Morgan fingerprint density at radius 3 is 2.61 bits per heavy atom. The minimum Gasteiger partial charge on any atom is -0.437 e. The maximum atomic E-state index is 12.6. The van der Waals surface area contributed by atoms with E-state index in [2.05, 4.69) is 4.98 Å². The van der Waals surface area contributed by atoms with Gasteiger partial charge in [0.2, 0.25) is 11.1 Å². The van der Waals surface area contributed by atoms with Crippen LogP contribution in [-0.4, -0.2) is 23.8 Å². The fraction of sp³-hybridized carbons (Fsp3) is 0.118. The zero-order valence-corrected chi connectivity index (χ0v) is 12.6. The fourth-order valence-corrected chi connectivity index (χ4v) is 2.69. The molecule has 4 rings (SSSR count). The SMILES string of the molecule is CN(C)n1ccc2nc3oc4ccccc4c(=O)c3cc2c1=O. The molecule has 0 aliphatic heterocycles. The summed E-state index contributed by atoms with van der Waals surface area (Å²) in [5.74, 6) is 0. The number of hydrogen-bond acceptors (Lipinski definition) is 5. The molecule has 0 radical (unpaired) electrons. The minimum absolute atomic E-state index is 0.184. The Kier molecular flexibility index (Phi) is 2.74. The van der Waals surface area contributed by atoms with Crippen molar-refractivity contribution < 1.29 is 4.42 Å². The van der Waals surface area contributed by atoms with Crippen LogP contribution in [0.4, 0.5) is 0 Å². The summed E-state index contributed by atoms with van der Waals surface area (Å²) >= 11 is 0. The number of nitrogens with zero attached hydrogens (tertiary/aromatic N) is 3. The zero-order valence-electron chi connectivity index (χ0n) is 12.6. The van der Waals surface area contributed by atoms with E-state index in [-0.39, 0.29) is 16.7 Å². The molecule has 0 spiro atoms. The van der Waals surface area contributed by atoms with Gasteiger partial charge in [0.05, 0.1) is 21.7 Å². The largest absolute Gasteiger partial charge is 0.437 e. The van der Waals surface area contributed by atoms with Gasteiger partial charge in [0.25, 0.3) is 5.56 Å². The van der Waals surface area contributed by atoms with Crippen LogP contribution < -0.4 is 16.0 Å². The molecule has 3 heterocycles. The summed E-state index contributed by atoms with van der Waals surface area (Å²) in [4.78, 5) is 29.5. The van der Waals surface area contributed by atoms with Gasteiger partial charge in [0.15, 0.2) is 0 Å². The molecule has 0 aliphatic carbocycles. The second kappa shape index (κ2) is 4.67. The number of aromatic nitrogens is 2. The molecule has 0 atom stereocenters. The van der Waals surface area contributed by atoms with Crippen LogP contribution in [0.1, 0.15) is 0 Å². The van der Waals surface area contributed by atoms with Crippen LogP contribution in [-0.2, 0) is 0 Å². The molecule has 3 aromatic heterocycles. The van der Waals surface area contributed by atoms with Gasteiger partial charge in [-0.05, 0) is 24.3 Å². The van der Waals surface area contributed by atoms with E-state index < -0.39 is 0 Å². The van der Waals surface area contributed by atoms with Crippen LogP contribution in [0.3, 0.4) is 0 Å². The Morgan fingerprint density at radius 2 is 1.83 bits per heavy atom. The molecule has 114 valence electrons. The van der Waals surface area contributed by atoms with E-state index in [1.165, 1.54) is 4.68 Å². The van der Waals surface area contributed by atoms with Crippen molar-refractivity contribution >= 4 is 33.0 Å². The van der Waals surface area contributed by atoms with Crippen LogP contribution in [0, 0.1) is 0 Å². The highest BCUT2D eigenvalue weighted by atomic mass is 16.3. The summed E-state index contributed by atoms with van der Waals surface area (Å²) in [5, 5.41) is 2.83. The van der Waals surface area contributed by atoms with Crippen molar-refractivity contribution in [2.75, 3.05) is 19.1 Å². The first-order chi connectivity index (χ1) is 11.1. The highest BCUT2D eigenvalue weighted by molar-refractivity contribution is 5.94. The molecule has 4 aromatic rings. The molecule has 1 aromatic carbocycles. The van der Waals surface area contributed by atoms with Crippen LogP contribution in [0.2, 0.25) is 0 Å². The van der Waals surface area contributed by atoms with Gasteiger partial charge in [-0.3, -0.25) is 9.59 Å². The summed E-state index contributed by atoms with van der Waals surface area (Å²) in [5.41, 5.74) is 0.811. The fourth-order valence-electron chi connectivity index (χ4n) is 2.69. The molecule has 6 nitrogen and oxygen atoms in total. The predicted molar refractivity (Wildman–Crippen MR) is 89.6 cm³/mol. The lowest BCUT2D eigenvalue weighted by Crippen LogP contribution is -2.35. The van der Waals surface area contributed by atoms with Gasteiger partial charge in [0.1, 0.15) is 5.58 Å². The molecule has 0 saturated heterocycles. The summed E-state index contributed by atoms with van der Waals surface area (Å²) in [7, 11) is 3.53. The third-order valence-electron chi connectivity index (χ3n) is 3.84. The number of fused-ring (bicyclic) bond motifs is 3. The Morgan fingerprint density at radius 1 is 1.04 bits per heavy atom. The number of benzene rings is 1. The van der Waals surface area contributed by atoms with Crippen molar-refractivity contribution in [3.05, 3.63) is 63.2 Å². The van der Waals surface area contributed by atoms with Crippen molar-refractivity contribution in [3.8, 4) is 0 Å². The Balaban J connectivity index is 2.20. The van der Waals surface area contributed by atoms with E-state index in [0.29, 0.717) is 27.3 Å². The molecule has 0 N–H and O–H groups in total. The summed E-state index contributed by atoms with van der Waals surface area (Å²) in [6.07, 6.45) is 1.64. The average Bonchev–Trinajstić information content (AvgIpc) is 2.54. The lowest BCUT2D eigenvalue weighted by molar-refractivity contribution is 0.646. The van der Waals surface area contributed by atoms with Gasteiger partial charge in [-0.2, -0.15) is 0 Å². The first-order valence-electron chi connectivity index (χ1n) is 7.12. The molecule has 23 heavy (non-hydrogen) atoms. The van der Waals surface area contributed by atoms with Crippen molar-refractivity contribution in [3.63, 3.8) is 0 Å². The average molecular weight is 307 g/mol. The topological polar surface area (TPSA) is 68.3 Å². The van der Waals surface area contributed by atoms with Gasteiger partial charge in [-0.1, -0.05) is 12.1 Å². The molecule has 0 aliphatic rings. The maximum absolute atomic E-state index is 12.6. The van der Waals surface area contributed by atoms with E-state index in [9.17, 15) is 9.59 Å². The number of pyridine rings is 2. The quantitative estimate of drug-likeness (QED) is 0.502. The maximum Gasteiger partial charge on any atom is 0.278 e. The summed E-state index contributed by atoms with van der Waals surface area (Å²) < 4.78 is 7.18. The Labute approximate surface area is 130 Å². The first kappa shape index (κ1) is 13.5. The molecule has 6 heteroatoms. The predicted octanol–water partition coefficient (Wildman–Crippen LogP) is 1.85. The standard InChI is InChI=1S/C17H13N3O3/c1-19(2)20-8-7-13-11(17(20)22)9-12-15(21)10-5-3-4-6-14(10)23-16(12)18-13/h3-9H,1-2H3. The normalized spacial score (nSPS) is 11.4. The van der Waals surface area contributed by atoms with E-state index in [0.717, 1.165) is 0 Å². The molecule has 0 fully saturated rings. The minimum atomic E-state index is -0.227. The molecular weight excluding hydrogens is 294 g/mol. The summed E-state index contributed by atoms with van der Waals surface area (Å²) in [6.45, 7) is 0. The molecular formula is C17H13N3O3. The van der Waals surface area contributed by atoms with Gasteiger partial charge >= 0.3 is 0 Å². The van der Waals surface area contributed by atoms with Crippen molar-refractivity contribution in [2.24, 2.45) is 0 Å². The van der Waals surface area contributed by atoms with Crippen LogP contribution in [0.15, 0.2) is 56.6 Å². The third-order valence-corrected chi connectivity index (χ3v) is 3.84. The highest BCUT2D eigenvalue weighted by Gasteiger charge is 2.12. The van der Waals surface area contributed by atoms with Gasteiger partial charge in [-0.15, -0.1) is 0 Å². The van der Waals surface area contributed by atoms with Crippen molar-refractivity contribution in [1.82, 2.24) is 9.66 Å². The molecule has 0 amide bonds. The number of rotatable bonds is 1. The summed E-state index contributed by atoms with van der Waals surface area (Å²) in [6, 6.07) is 10.3.